The molecule has 2 aromatic rings. The lowest BCUT2D eigenvalue weighted by atomic mass is 10.1. The summed E-state index contributed by atoms with van der Waals surface area (Å²) in [7, 11) is 0. The van der Waals surface area contributed by atoms with E-state index in [4.69, 9.17) is 0 Å². The number of carbonyl (C=O) groups is 1. The molecule has 0 spiro atoms. The predicted octanol–water partition coefficient (Wildman–Crippen LogP) is 5.11. The number of hydrogen-bond acceptors (Lipinski definition) is 3. The van der Waals surface area contributed by atoms with Crippen molar-refractivity contribution in [3.8, 4) is 5.75 Å². The molecule has 1 unspecified atom stereocenters. The molecule has 0 saturated heterocycles. The normalized spacial score (nSPS) is 15.2. The molecule has 7 heteroatoms. The molecular formula is C19H19F3N2O2. The fourth-order valence-electron chi connectivity index (χ4n) is 2.53. The zero-order valence-corrected chi connectivity index (χ0v) is 14.1. The van der Waals surface area contributed by atoms with Gasteiger partial charge in [0.25, 0.3) is 0 Å². The van der Waals surface area contributed by atoms with E-state index in [2.05, 4.69) is 15.4 Å². The van der Waals surface area contributed by atoms with Crippen LogP contribution in [0, 0.1) is 5.92 Å². The molecular weight excluding hydrogens is 345 g/mol. The van der Waals surface area contributed by atoms with Gasteiger partial charge in [0.2, 0.25) is 5.91 Å². The molecule has 0 bridgehead atoms. The molecule has 138 valence electrons. The van der Waals surface area contributed by atoms with Gasteiger partial charge in [0.1, 0.15) is 5.75 Å². The fraction of sp³-hybridized carbons (Fsp3) is 0.316. The Labute approximate surface area is 149 Å². The second-order valence-electron chi connectivity index (χ2n) is 6.32. The number of alkyl halides is 3. The number of hydrogen-bond donors (Lipinski definition) is 2. The number of nitrogens with one attached hydrogen (secondary N) is 2. The van der Waals surface area contributed by atoms with Gasteiger partial charge in [-0.05, 0) is 61.7 Å². The summed E-state index contributed by atoms with van der Waals surface area (Å²) in [5, 5.41) is 6.13. The Morgan fingerprint density at radius 3 is 2.15 bits per heavy atom. The minimum atomic E-state index is -4.69. The molecule has 4 nitrogen and oxygen atoms in total. The van der Waals surface area contributed by atoms with Gasteiger partial charge in [-0.15, -0.1) is 13.2 Å². The smallest absolute Gasteiger partial charge is 0.406 e. The van der Waals surface area contributed by atoms with Gasteiger partial charge in [-0.2, -0.15) is 0 Å². The highest BCUT2D eigenvalue weighted by atomic mass is 19.4. The number of halogens is 3. The number of carbonyl (C=O) groups excluding carboxylic acids is 1. The Balaban J connectivity index is 1.56. The molecule has 1 aliphatic rings. The van der Waals surface area contributed by atoms with E-state index in [0.29, 0.717) is 0 Å². The van der Waals surface area contributed by atoms with Crippen molar-refractivity contribution in [1.82, 2.24) is 0 Å². The summed E-state index contributed by atoms with van der Waals surface area (Å²) >= 11 is 0. The van der Waals surface area contributed by atoms with E-state index in [-0.39, 0.29) is 23.6 Å². The third-order valence-corrected chi connectivity index (χ3v) is 4.10. The van der Waals surface area contributed by atoms with Gasteiger partial charge in [0.05, 0.1) is 0 Å². The lowest BCUT2D eigenvalue weighted by Crippen LogP contribution is -2.17. The molecule has 0 heterocycles. The van der Waals surface area contributed by atoms with Crippen LogP contribution < -0.4 is 15.4 Å². The van der Waals surface area contributed by atoms with Gasteiger partial charge < -0.3 is 15.4 Å². The zero-order valence-electron chi connectivity index (χ0n) is 14.1. The monoisotopic (exact) mass is 364 g/mol. The number of ether oxygens (including phenoxy) is 1. The molecule has 2 aromatic carbocycles. The van der Waals surface area contributed by atoms with E-state index in [9.17, 15) is 18.0 Å². The topological polar surface area (TPSA) is 50.4 Å². The van der Waals surface area contributed by atoms with Crippen molar-refractivity contribution in [2.75, 3.05) is 10.6 Å². The van der Waals surface area contributed by atoms with Crippen LogP contribution in [0.25, 0.3) is 0 Å². The van der Waals surface area contributed by atoms with E-state index in [1.807, 2.05) is 31.2 Å². The Morgan fingerprint density at radius 1 is 1.04 bits per heavy atom. The van der Waals surface area contributed by atoms with Gasteiger partial charge >= 0.3 is 6.36 Å². The second kappa shape index (κ2) is 7.27. The summed E-state index contributed by atoms with van der Waals surface area (Å²) in [6.07, 6.45) is -2.78. The first-order valence-corrected chi connectivity index (χ1v) is 8.33. The van der Waals surface area contributed by atoms with Crippen LogP contribution in [0.2, 0.25) is 0 Å². The van der Waals surface area contributed by atoms with Crippen molar-refractivity contribution in [2.24, 2.45) is 5.92 Å². The van der Waals surface area contributed by atoms with Crippen LogP contribution >= 0.6 is 0 Å². The summed E-state index contributed by atoms with van der Waals surface area (Å²) in [6, 6.07) is 13.0. The largest absolute Gasteiger partial charge is 0.573 e. The summed E-state index contributed by atoms with van der Waals surface area (Å²) in [5.41, 5.74) is 2.41. The van der Waals surface area contributed by atoms with Crippen molar-refractivity contribution < 1.29 is 22.7 Å². The van der Waals surface area contributed by atoms with E-state index >= 15 is 0 Å². The van der Waals surface area contributed by atoms with E-state index in [0.717, 1.165) is 29.8 Å². The van der Waals surface area contributed by atoms with Crippen LogP contribution in [0.5, 0.6) is 5.75 Å². The number of anilines is 2. The molecule has 1 fully saturated rings. The molecule has 26 heavy (non-hydrogen) atoms. The van der Waals surface area contributed by atoms with Crippen molar-refractivity contribution in [3.05, 3.63) is 54.1 Å². The standard InChI is InChI=1S/C19H19F3N2O2/c1-12(13-4-10-17(11-5-13)26-19(20,21)22)23-15-6-8-16(9-7-15)24-18(25)14-2-3-14/h4-12,14,23H,2-3H2,1H3,(H,24,25). The van der Waals surface area contributed by atoms with Gasteiger partial charge in [-0.25, -0.2) is 0 Å². The number of amides is 1. The van der Waals surface area contributed by atoms with E-state index < -0.39 is 6.36 Å². The van der Waals surface area contributed by atoms with Gasteiger partial charge in [-0.1, -0.05) is 12.1 Å². The van der Waals surface area contributed by atoms with Crippen LogP contribution in [0.3, 0.4) is 0 Å². The maximum absolute atomic E-state index is 12.2. The molecule has 1 amide bonds. The molecule has 1 saturated carbocycles. The van der Waals surface area contributed by atoms with Crippen LogP contribution in [-0.4, -0.2) is 12.3 Å². The molecule has 0 radical (unpaired) electrons. The summed E-state index contributed by atoms with van der Waals surface area (Å²) in [4.78, 5) is 11.7. The number of rotatable bonds is 6. The fourth-order valence-corrected chi connectivity index (χ4v) is 2.53. The average Bonchev–Trinajstić information content (AvgIpc) is 3.41. The van der Waals surface area contributed by atoms with Crippen molar-refractivity contribution in [1.29, 1.82) is 0 Å². The zero-order chi connectivity index (χ0) is 18.7. The SMILES string of the molecule is CC(Nc1ccc(NC(=O)C2CC2)cc1)c1ccc(OC(F)(F)F)cc1. The average molecular weight is 364 g/mol. The Bertz CT molecular complexity index is 754. The molecule has 0 aliphatic heterocycles. The maximum atomic E-state index is 12.2. The highest BCUT2D eigenvalue weighted by Gasteiger charge is 2.31. The lowest BCUT2D eigenvalue weighted by molar-refractivity contribution is -0.274. The van der Waals surface area contributed by atoms with E-state index in [1.165, 1.54) is 12.1 Å². The van der Waals surface area contributed by atoms with Crippen LogP contribution in [0.15, 0.2) is 48.5 Å². The predicted molar refractivity (Wildman–Crippen MR) is 93.0 cm³/mol. The highest BCUT2D eigenvalue weighted by Crippen LogP contribution is 2.30. The van der Waals surface area contributed by atoms with Crippen molar-refractivity contribution in [3.63, 3.8) is 0 Å². The van der Waals surface area contributed by atoms with Crippen LogP contribution in [0.1, 0.15) is 31.4 Å². The quantitative estimate of drug-likeness (QED) is 0.749. The van der Waals surface area contributed by atoms with Crippen molar-refractivity contribution in [2.45, 2.75) is 32.2 Å². The molecule has 3 rings (SSSR count). The van der Waals surface area contributed by atoms with Gasteiger partial charge in [0.15, 0.2) is 0 Å². The van der Waals surface area contributed by atoms with Gasteiger partial charge in [-0.3, -0.25) is 4.79 Å². The minimum absolute atomic E-state index is 0.0558. The molecule has 1 atom stereocenters. The first-order chi connectivity index (χ1) is 12.3. The third kappa shape index (κ3) is 5.15. The first kappa shape index (κ1) is 18.1. The molecule has 1 aliphatic carbocycles. The van der Waals surface area contributed by atoms with Crippen LogP contribution in [0.4, 0.5) is 24.5 Å². The van der Waals surface area contributed by atoms with Gasteiger partial charge in [0, 0.05) is 23.3 Å². The summed E-state index contributed by atoms with van der Waals surface area (Å²) < 4.78 is 40.4. The molecule has 2 N–H and O–H groups in total. The maximum Gasteiger partial charge on any atom is 0.573 e. The molecule has 0 aromatic heterocycles. The Kier molecular flexibility index (Phi) is 5.06. The third-order valence-electron chi connectivity index (χ3n) is 4.10. The first-order valence-electron chi connectivity index (χ1n) is 8.33. The van der Waals surface area contributed by atoms with Crippen LogP contribution in [-0.2, 0) is 4.79 Å². The Morgan fingerprint density at radius 2 is 1.62 bits per heavy atom. The minimum Gasteiger partial charge on any atom is -0.406 e. The Hall–Kier alpha value is -2.70. The second-order valence-corrected chi connectivity index (χ2v) is 6.32. The highest BCUT2D eigenvalue weighted by molar-refractivity contribution is 5.94. The lowest BCUT2D eigenvalue weighted by Gasteiger charge is -2.17. The van der Waals surface area contributed by atoms with Crippen molar-refractivity contribution >= 4 is 17.3 Å². The summed E-state index contributed by atoms with van der Waals surface area (Å²) in [5.74, 6) is -0.0402. The summed E-state index contributed by atoms with van der Waals surface area (Å²) in [6.45, 7) is 1.91. The number of benzene rings is 2. The van der Waals surface area contributed by atoms with E-state index in [1.54, 1.807) is 12.1 Å².